The molecule has 1 fully saturated rings. The molecule has 1 aliphatic rings. The van der Waals surface area contributed by atoms with Gasteiger partial charge in [0.15, 0.2) is 11.9 Å². The molecule has 2 aromatic rings. The van der Waals surface area contributed by atoms with E-state index >= 15 is 0 Å². The monoisotopic (exact) mass is 327 g/mol. The quantitative estimate of drug-likeness (QED) is 0.930. The SMILES string of the molecule is CC(Oc1ccc(F)cc1)c1nc(C2(N)CCCC2)no1.Cl. The van der Waals surface area contributed by atoms with Crippen molar-refractivity contribution in [2.75, 3.05) is 0 Å². The maximum absolute atomic E-state index is 12.9. The minimum atomic E-state index is -0.475. The Morgan fingerprint density at radius 3 is 2.55 bits per heavy atom. The van der Waals surface area contributed by atoms with E-state index in [1.54, 1.807) is 19.1 Å². The summed E-state index contributed by atoms with van der Waals surface area (Å²) < 4.78 is 23.8. The Morgan fingerprint density at radius 1 is 1.27 bits per heavy atom. The van der Waals surface area contributed by atoms with Gasteiger partial charge >= 0.3 is 0 Å². The molecule has 1 unspecified atom stereocenters. The molecule has 1 atom stereocenters. The van der Waals surface area contributed by atoms with Crippen LogP contribution in [0.15, 0.2) is 28.8 Å². The molecule has 5 nitrogen and oxygen atoms in total. The van der Waals surface area contributed by atoms with Crippen molar-refractivity contribution in [2.24, 2.45) is 5.73 Å². The summed E-state index contributed by atoms with van der Waals surface area (Å²) in [6.07, 6.45) is 3.50. The highest BCUT2D eigenvalue weighted by Gasteiger charge is 2.36. The van der Waals surface area contributed by atoms with Crippen molar-refractivity contribution in [3.63, 3.8) is 0 Å². The first kappa shape index (κ1) is 16.7. The second-order valence-electron chi connectivity index (χ2n) is 5.53. The fourth-order valence-electron chi connectivity index (χ4n) is 2.60. The van der Waals surface area contributed by atoms with Crippen molar-refractivity contribution in [3.8, 4) is 5.75 Å². The lowest BCUT2D eigenvalue weighted by atomic mass is 9.99. The third kappa shape index (κ3) is 3.39. The van der Waals surface area contributed by atoms with E-state index < -0.39 is 11.6 Å². The number of ether oxygens (including phenoxy) is 1. The van der Waals surface area contributed by atoms with Crippen LogP contribution in [0.5, 0.6) is 5.75 Å². The number of hydrogen-bond acceptors (Lipinski definition) is 5. The largest absolute Gasteiger partial charge is 0.481 e. The maximum atomic E-state index is 12.9. The summed E-state index contributed by atoms with van der Waals surface area (Å²) in [5.41, 5.74) is 5.82. The smallest absolute Gasteiger partial charge is 0.267 e. The number of aromatic nitrogens is 2. The van der Waals surface area contributed by atoms with Gasteiger partial charge in [0, 0.05) is 0 Å². The van der Waals surface area contributed by atoms with Gasteiger partial charge in [0.2, 0.25) is 0 Å². The van der Waals surface area contributed by atoms with E-state index in [1.165, 1.54) is 12.1 Å². The fraction of sp³-hybridized carbons (Fsp3) is 0.467. The van der Waals surface area contributed by atoms with Crippen LogP contribution in [0.1, 0.15) is 50.4 Å². The van der Waals surface area contributed by atoms with Gasteiger partial charge in [-0.1, -0.05) is 18.0 Å². The van der Waals surface area contributed by atoms with Gasteiger partial charge in [-0.15, -0.1) is 12.4 Å². The van der Waals surface area contributed by atoms with Crippen LogP contribution in [-0.2, 0) is 5.54 Å². The van der Waals surface area contributed by atoms with E-state index in [2.05, 4.69) is 10.1 Å². The zero-order valence-electron chi connectivity index (χ0n) is 12.3. The highest BCUT2D eigenvalue weighted by Crippen LogP contribution is 2.35. The minimum absolute atomic E-state index is 0. The molecule has 0 spiro atoms. The molecule has 22 heavy (non-hydrogen) atoms. The van der Waals surface area contributed by atoms with Crippen LogP contribution in [-0.4, -0.2) is 10.1 Å². The van der Waals surface area contributed by atoms with Crippen molar-refractivity contribution < 1.29 is 13.7 Å². The molecular weight excluding hydrogens is 309 g/mol. The summed E-state index contributed by atoms with van der Waals surface area (Å²) in [5, 5.41) is 4.00. The van der Waals surface area contributed by atoms with E-state index in [0.29, 0.717) is 17.5 Å². The third-order valence-corrected chi connectivity index (χ3v) is 3.86. The second kappa shape index (κ2) is 6.62. The lowest BCUT2D eigenvalue weighted by Crippen LogP contribution is -2.34. The van der Waals surface area contributed by atoms with E-state index in [1.807, 2.05) is 0 Å². The van der Waals surface area contributed by atoms with Crippen molar-refractivity contribution >= 4 is 12.4 Å². The summed E-state index contributed by atoms with van der Waals surface area (Å²) >= 11 is 0. The normalized spacial score (nSPS) is 17.8. The predicted molar refractivity (Wildman–Crippen MR) is 81.3 cm³/mol. The first-order valence-electron chi connectivity index (χ1n) is 7.12. The molecule has 0 bridgehead atoms. The van der Waals surface area contributed by atoms with Gasteiger partial charge < -0.3 is 15.0 Å². The highest BCUT2D eigenvalue weighted by atomic mass is 35.5. The Bertz CT molecular complexity index is 612. The average Bonchev–Trinajstić information content (AvgIpc) is 3.11. The average molecular weight is 328 g/mol. The molecule has 0 radical (unpaired) electrons. The molecule has 0 aliphatic heterocycles. The Balaban J connectivity index is 0.00000176. The van der Waals surface area contributed by atoms with Crippen LogP contribution in [0.2, 0.25) is 0 Å². The number of nitrogens with two attached hydrogens (primary N) is 1. The predicted octanol–water partition coefficient (Wildman–Crippen LogP) is 3.50. The van der Waals surface area contributed by atoms with Crippen LogP contribution in [0, 0.1) is 5.82 Å². The zero-order chi connectivity index (χ0) is 14.9. The molecule has 1 aromatic carbocycles. The minimum Gasteiger partial charge on any atom is -0.481 e. The number of benzene rings is 1. The molecule has 0 amide bonds. The summed E-state index contributed by atoms with van der Waals surface area (Å²) in [4.78, 5) is 4.38. The maximum Gasteiger partial charge on any atom is 0.267 e. The van der Waals surface area contributed by atoms with Gasteiger partial charge in [0.25, 0.3) is 5.89 Å². The Hall–Kier alpha value is -1.66. The second-order valence-corrected chi connectivity index (χ2v) is 5.53. The number of hydrogen-bond donors (Lipinski definition) is 1. The van der Waals surface area contributed by atoms with Gasteiger partial charge in [-0.2, -0.15) is 4.98 Å². The molecule has 3 rings (SSSR count). The van der Waals surface area contributed by atoms with E-state index in [0.717, 1.165) is 25.7 Å². The Labute approximate surface area is 134 Å². The molecule has 2 N–H and O–H groups in total. The van der Waals surface area contributed by atoms with Crippen LogP contribution >= 0.6 is 12.4 Å². The zero-order valence-corrected chi connectivity index (χ0v) is 13.1. The van der Waals surface area contributed by atoms with Gasteiger partial charge in [-0.05, 0) is 44.0 Å². The van der Waals surface area contributed by atoms with Gasteiger partial charge in [-0.3, -0.25) is 0 Å². The van der Waals surface area contributed by atoms with Crippen LogP contribution < -0.4 is 10.5 Å². The standard InChI is InChI=1S/C15H18FN3O2.ClH/c1-10(20-12-6-4-11(16)5-7-12)13-18-14(19-21-13)15(17)8-2-3-9-15;/h4-7,10H,2-3,8-9,17H2,1H3;1H. The van der Waals surface area contributed by atoms with Crippen molar-refractivity contribution in [2.45, 2.75) is 44.2 Å². The molecular formula is C15H19ClFN3O2. The highest BCUT2D eigenvalue weighted by molar-refractivity contribution is 5.85. The Kier molecular flexibility index (Phi) is 5.03. The summed E-state index contributed by atoms with van der Waals surface area (Å²) in [6, 6.07) is 5.80. The van der Waals surface area contributed by atoms with Crippen LogP contribution in [0.25, 0.3) is 0 Å². The molecule has 7 heteroatoms. The van der Waals surface area contributed by atoms with E-state index in [9.17, 15) is 4.39 Å². The first-order valence-corrected chi connectivity index (χ1v) is 7.12. The van der Waals surface area contributed by atoms with Crippen LogP contribution in [0.4, 0.5) is 4.39 Å². The summed E-state index contributed by atoms with van der Waals surface area (Å²) in [5.74, 6) is 1.17. The van der Waals surface area contributed by atoms with E-state index in [-0.39, 0.29) is 18.2 Å². The number of halogens is 2. The van der Waals surface area contributed by atoms with Crippen LogP contribution in [0.3, 0.4) is 0 Å². The number of nitrogens with zero attached hydrogens (tertiary/aromatic N) is 2. The van der Waals surface area contributed by atoms with Gasteiger partial charge in [-0.25, -0.2) is 4.39 Å². The molecule has 120 valence electrons. The Morgan fingerprint density at radius 2 is 1.91 bits per heavy atom. The lowest BCUT2D eigenvalue weighted by Gasteiger charge is -2.17. The molecule has 1 heterocycles. The van der Waals surface area contributed by atoms with Crippen molar-refractivity contribution in [1.29, 1.82) is 0 Å². The van der Waals surface area contributed by atoms with Crippen molar-refractivity contribution in [3.05, 3.63) is 41.8 Å². The molecule has 0 saturated heterocycles. The number of rotatable bonds is 4. The first-order chi connectivity index (χ1) is 10.1. The summed E-state index contributed by atoms with van der Waals surface area (Å²) in [6.45, 7) is 1.80. The summed E-state index contributed by atoms with van der Waals surface area (Å²) in [7, 11) is 0. The molecule has 1 saturated carbocycles. The van der Waals surface area contributed by atoms with Gasteiger partial charge in [0.05, 0.1) is 5.54 Å². The fourth-order valence-corrected chi connectivity index (χ4v) is 2.60. The third-order valence-electron chi connectivity index (χ3n) is 3.86. The lowest BCUT2D eigenvalue weighted by molar-refractivity contribution is 0.175. The topological polar surface area (TPSA) is 74.2 Å². The molecule has 1 aliphatic carbocycles. The van der Waals surface area contributed by atoms with Gasteiger partial charge in [0.1, 0.15) is 11.6 Å². The van der Waals surface area contributed by atoms with E-state index in [4.69, 9.17) is 15.0 Å². The van der Waals surface area contributed by atoms with Crippen molar-refractivity contribution in [1.82, 2.24) is 10.1 Å². The molecule has 1 aromatic heterocycles.